The van der Waals surface area contributed by atoms with E-state index in [1.54, 1.807) is 7.11 Å². The molecule has 1 aliphatic heterocycles. The first-order valence-electron chi connectivity index (χ1n) is 11.1. The van der Waals surface area contributed by atoms with Gasteiger partial charge in [0.05, 0.1) is 24.4 Å². The molecule has 1 saturated heterocycles. The van der Waals surface area contributed by atoms with Crippen LogP contribution >= 0.6 is 0 Å². The molecule has 4 heterocycles. The fourth-order valence-electron chi connectivity index (χ4n) is 4.15. The summed E-state index contributed by atoms with van der Waals surface area (Å²) in [6.07, 6.45) is -0.841. The number of alkyl halides is 3. The number of halogens is 3. The van der Waals surface area contributed by atoms with Gasteiger partial charge >= 0.3 is 12.1 Å². The fourth-order valence-corrected chi connectivity index (χ4v) is 4.15. The molecule has 0 amide bonds. The average Bonchev–Trinajstić information content (AvgIpc) is 3.58. The lowest BCUT2D eigenvalue weighted by Crippen LogP contribution is -2.23. The van der Waals surface area contributed by atoms with Gasteiger partial charge in [-0.2, -0.15) is 13.2 Å². The van der Waals surface area contributed by atoms with Crippen LogP contribution < -0.4 is 4.74 Å². The molecule has 1 atom stereocenters. The van der Waals surface area contributed by atoms with Gasteiger partial charge in [0.2, 0.25) is 0 Å². The molecule has 9 nitrogen and oxygen atoms in total. The van der Waals surface area contributed by atoms with Gasteiger partial charge in [0.1, 0.15) is 17.2 Å². The number of nitrogens with zero attached hydrogens (tertiary/aromatic N) is 5. The van der Waals surface area contributed by atoms with Crippen LogP contribution in [-0.4, -0.2) is 55.8 Å². The van der Waals surface area contributed by atoms with E-state index in [0.717, 1.165) is 65.5 Å². The standard InChI is InChI=1S/C22H23N5O2.C2HF3O2/c1-15-11-18(24-29-15)14-26-10-4-7-20(26)22-21-9-8-17(13-27(21)25-23-22)16-5-3-6-19(12-16)28-2;3-2(4,5)1(6)7/h3,5-6,8-9,11-13,20H,4,7,10,14H2,1-2H3;(H,6,7). The van der Waals surface area contributed by atoms with E-state index >= 15 is 0 Å². The maximum atomic E-state index is 10.6. The van der Waals surface area contributed by atoms with Gasteiger partial charge in [-0.05, 0) is 50.1 Å². The quantitative estimate of drug-likeness (QED) is 0.419. The van der Waals surface area contributed by atoms with Crippen LogP contribution in [0.15, 0.2) is 53.2 Å². The van der Waals surface area contributed by atoms with Crippen LogP contribution in [0.1, 0.15) is 36.0 Å². The Labute approximate surface area is 204 Å². The number of aliphatic carboxylic acids is 1. The smallest absolute Gasteiger partial charge is 0.490 e. The van der Waals surface area contributed by atoms with Crippen molar-refractivity contribution in [3.63, 3.8) is 0 Å². The number of benzene rings is 1. The minimum Gasteiger partial charge on any atom is -0.497 e. The molecule has 1 fully saturated rings. The predicted molar refractivity (Wildman–Crippen MR) is 122 cm³/mol. The van der Waals surface area contributed by atoms with Crippen molar-refractivity contribution in [2.75, 3.05) is 13.7 Å². The van der Waals surface area contributed by atoms with E-state index in [2.05, 4.69) is 38.6 Å². The number of hydrogen-bond acceptors (Lipinski definition) is 7. The third-order valence-electron chi connectivity index (χ3n) is 5.81. The van der Waals surface area contributed by atoms with Crippen molar-refractivity contribution in [3.05, 3.63) is 65.8 Å². The summed E-state index contributed by atoms with van der Waals surface area (Å²) in [4.78, 5) is 11.3. The maximum Gasteiger partial charge on any atom is 0.490 e. The van der Waals surface area contributed by atoms with E-state index in [9.17, 15) is 13.2 Å². The van der Waals surface area contributed by atoms with Gasteiger partial charge in [0.15, 0.2) is 0 Å². The molecule has 1 N–H and O–H groups in total. The molecule has 0 bridgehead atoms. The molecule has 36 heavy (non-hydrogen) atoms. The summed E-state index contributed by atoms with van der Waals surface area (Å²) in [5, 5.41) is 20.2. The summed E-state index contributed by atoms with van der Waals surface area (Å²) in [6.45, 7) is 3.71. The van der Waals surface area contributed by atoms with Gasteiger partial charge in [-0.3, -0.25) is 4.90 Å². The molecule has 1 aliphatic rings. The Kier molecular flexibility index (Phi) is 7.25. The van der Waals surface area contributed by atoms with E-state index in [0.29, 0.717) is 0 Å². The molecule has 4 aromatic rings. The first kappa shape index (κ1) is 25.2. The summed E-state index contributed by atoms with van der Waals surface area (Å²) < 4.78 is 44.2. The molecule has 190 valence electrons. The minimum atomic E-state index is -5.08. The van der Waals surface area contributed by atoms with Gasteiger partial charge < -0.3 is 14.4 Å². The number of ether oxygens (including phenoxy) is 1. The second-order valence-corrected chi connectivity index (χ2v) is 8.31. The van der Waals surface area contributed by atoms with E-state index < -0.39 is 12.1 Å². The minimum absolute atomic E-state index is 0.243. The highest BCUT2D eigenvalue weighted by Crippen LogP contribution is 2.34. The monoisotopic (exact) mass is 503 g/mol. The Hall–Kier alpha value is -3.93. The second-order valence-electron chi connectivity index (χ2n) is 8.31. The molecule has 0 aliphatic carbocycles. The molecule has 0 saturated carbocycles. The van der Waals surface area contributed by atoms with Crippen molar-refractivity contribution in [3.8, 4) is 16.9 Å². The number of pyridine rings is 1. The van der Waals surface area contributed by atoms with Crippen LogP contribution in [0.5, 0.6) is 5.75 Å². The zero-order valence-corrected chi connectivity index (χ0v) is 19.6. The number of aryl methyl sites for hydroxylation is 1. The number of fused-ring (bicyclic) bond motifs is 1. The van der Waals surface area contributed by atoms with Gasteiger partial charge in [-0.15, -0.1) is 5.10 Å². The highest BCUT2D eigenvalue weighted by Gasteiger charge is 2.38. The summed E-state index contributed by atoms with van der Waals surface area (Å²) in [6, 6.07) is 14.5. The van der Waals surface area contributed by atoms with Gasteiger partial charge in [-0.25, -0.2) is 9.31 Å². The SMILES string of the molecule is COc1cccc(-c2ccc3c(C4CCCN4Cc4cc(C)on4)nnn3c2)c1.O=C(O)C(F)(F)F. The van der Waals surface area contributed by atoms with Gasteiger partial charge in [0.25, 0.3) is 0 Å². The van der Waals surface area contributed by atoms with E-state index in [-0.39, 0.29) is 6.04 Å². The molecule has 0 radical (unpaired) electrons. The Balaban J connectivity index is 0.000000384. The zero-order chi connectivity index (χ0) is 25.9. The van der Waals surface area contributed by atoms with Gasteiger partial charge in [0, 0.05) is 24.4 Å². The molecule has 3 aromatic heterocycles. The highest BCUT2D eigenvalue weighted by molar-refractivity contribution is 5.73. The van der Waals surface area contributed by atoms with Crippen LogP contribution in [0, 0.1) is 6.92 Å². The number of hydrogen-bond donors (Lipinski definition) is 1. The molecule has 0 spiro atoms. The Bertz CT molecular complexity index is 1350. The topological polar surface area (TPSA) is 106 Å². The van der Waals surface area contributed by atoms with Crippen LogP contribution in [-0.2, 0) is 11.3 Å². The number of carbonyl (C=O) groups is 1. The van der Waals surface area contributed by atoms with Crippen molar-refractivity contribution in [1.82, 2.24) is 24.9 Å². The summed E-state index contributed by atoms with van der Waals surface area (Å²) in [7, 11) is 1.68. The number of carboxylic acids is 1. The molecule has 1 aromatic carbocycles. The van der Waals surface area contributed by atoms with E-state index in [1.807, 2.05) is 41.9 Å². The Morgan fingerprint density at radius 2 is 2.00 bits per heavy atom. The summed E-state index contributed by atoms with van der Waals surface area (Å²) in [5.41, 5.74) is 5.21. The molecule has 12 heteroatoms. The molecular formula is C24H24F3N5O4. The van der Waals surface area contributed by atoms with Crippen LogP contribution in [0.4, 0.5) is 13.2 Å². The number of carboxylic acid groups (broad SMARTS) is 1. The lowest BCUT2D eigenvalue weighted by atomic mass is 10.1. The normalized spacial score (nSPS) is 16.1. The van der Waals surface area contributed by atoms with Crippen LogP contribution in [0.25, 0.3) is 16.6 Å². The first-order valence-corrected chi connectivity index (χ1v) is 11.1. The predicted octanol–water partition coefficient (Wildman–Crippen LogP) is 4.67. The van der Waals surface area contributed by atoms with Crippen molar-refractivity contribution in [2.45, 2.75) is 38.5 Å². The van der Waals surface area contributed by atoms with E-state index in [1.165, 1.54) is 0 Å². The zero-order valence-electron chi connectivity index (χ0n) is 19.6. The molecular weight excluding hydrogens is 479 g/mol. The number of aromatic nitrogens is 4. The summed E-state index contributed by atoms with van der Waals surface area (Å²) in [5.74, 6) is -1.08. The molecule has 1 unspecified atom stereocenters. The second kappa shape index (κ2) is 10.4. The third-order valence-corrected chi connectivity index (χ3v) is 5.81. The number of rotatable bonds is 5. The number of likely N-dealkylation sites (tertiary alicyclic amines) is 1. The lowest BCUT2D eigenvalue weighted by molar-refractivity contribution is -0.192. The lowest BCUT2D eigenvalue weighted by Gasteiger charge is -2.21. The first-order chi connectivity index (χ1) is 17.2. The Morgan fingerprint density at radius 1 is 1.22 bits per heavy atom. The van der Waals surface area contributed by atoms with Crippen molar-refractivity contribution < 1.29 is 32.3 Å². The van der Waals surface area contributed by atoms with Crippen molar-refractivity contribution >= 4 is 11.5 Å². The molecule has 5 rings (SSSR count). The van der Waals surface area contributed by atoms with Gasteiger partial charge in [-0.1, -0.05) is 28.6 Å². The van der Waals surface area contributed by atoms with E-state index in [4.69, 9.17) is 19.2 Å². The Morgan fingerprint density at radius 3 is 2.67 bits per heavy atom. The van der Waals surface area contributed by atoms with Crippen LogP contribution in [0.2, 0.25) is 0 Å². The summed E-state index contributed by atoms with van der Waals surface area (Å²) >= 11 is 0. The largest absolute Gasteiger partial charge is 0.497 e. The fraction of sp³-hybridized carbons (Fsp3) is 0.333. The number of methoxy groups -OCH3 is 1. The average molecular weight is 503 g/mol. The maximum absolute atomic E-state index is 10.6. The van der Waals surface area contributed by atoms with Crippen molar-refractivity contribution in [2.24, 2.45) is 0 Å². The third kappa shape index (κ3) is 5.65. The van der Waals surface area contributed by atoms with Crippen LogP contribution in [0.3, 0.4) is 0 Å². The van der Waals surface area contributed by atoms with Crippen molar-refractivity contribution in [1.29, 1.82) is 0 Å². The highest BCUT2D eigenvalue weighted by atomic mass is 19.4.